The average molecular weight is 319 g/mol. The molecule has 0 heterocycles. The Hall–Kier alpha value is -1.10. The number of aryl methyl sites for hydroxylation is 1. The van der Waals surface area contributed by atoms with Crippen LogP contribution in [0.15, 0.2) is 18.2 Å². The molecule has 1 aromatic rings. The van der Waals surface area contributed by atoms with E-state index in [4.69, 9.17) is 23.2 Å². The highest BCUT2D eigenvalue weighted by Crippen LogP contribution is 2.22. The van der Waals surface area contributed by atoms with Crippen LogP contribution in [0, 0.1) is 0 Å². The van der Waals surface area contributed by atoms with Gasteiger partial charge in [0.1, 0.15) is 5.78 Å². The molecule has 0 fully saturated rings. The first kappa shape index (κ1) is 17.0. The summed E-state index contributed by atoms with van der Waals surface area (Å²) in [7, 11) is 1.24. The van der Waals surface area contributed by atoms with Crippen LogP contribution in [-0.4, -0.2) is 30.1 Å². The van der Waals surface area contributed by atoms with Gasteiger partial charge in [0, 0.05) is 22.9 Å². The number of aliphatic hydroxyl groups is 1. The maximum Gasteiger partial charge on any atom is 0.308 e. The van der Waals surface area contributed by atoms with Gasteiger partial charge in [0.15, 0.2) is 0 Å². The fourth-order valence-electron chi connectivity index (χ4n) is 1.71. The number of carbonyl (C=O) groups excluding carboxylic acids is 2. The summed E-state index contributed by atoms with van der Waals surface area (Å²) in [5.41, 5.74) is 0.826. The van der Waals surface area contributed by atoms with Crippen molar-refractivity contribution in [2.75, 3.05) is 7.11 Å². The highest BCUT2D eigenvalue weighted by molar-refractivity contribution is 6.35. The molecule has 1 atom stereocenters. The van der Waals surface area contributed by atoms with Gasteiger partial charge in [-0.3, -0.25) is 9.59 Å². The quantitative estimate of drug-likeness (QED) is 0.785. The van der Waals surface area contributed by atoms with Gasteiger partial charge in [0.25, 0.3) is 0 Å². The summed E-state index contributed by atoms with van der Waals surface area (Å²) < 4.78 is 4.42. The second kappa shape index (κ2) is 8.25. The van der Waals surface area contributed by atoms with Gasteiger partial charge in [-0.15, -0.1) is 0 Å². The Kier molecular flexibility index (Phi) is 6.99. The second-order valence-electron chi connectivity index (χ2n) is 4.41. The van der Waals surface area contributed by atoms with Gasteiger partial charge in [-0.2, -0.15) is 0 Å². The summed E-state index contributed by atoms with van der Waals surface area (Å²) in [5.74, 6) is -0.668. The Morgan fingerprint density at radius 2 is 2.00 bits per heavy atom. The van der Waals surface area contributed by atoms with Crippen LogP contribution in [0.2, 0.25) is 10.0 Å². The molecule has 0 spiro atoms. The maximum absolute atomic E-state index is 11.7. The fourth-order valence-corrected chi connectivity index (χ4v) is 2.21. The molecular formula is C14H16Cl2O4. The lowest BCUT2D eigenvalue weighted by Crippen LogP contribution is -2.18. The van der Waals surface area contributed by atoms with Crippen LogP contribution in [0.3, 0.4) is 0 Å². The van der Waals surface area contributed by atoms with Crippen LogP contribution in [0.25, 0.3) is 0 Å². The van der Waals surface area contributed by atoms with Crippen LogP contribution in [0.1, 0.15) is 24.8 Å². The molecule has 6 heteroatoms. The molecule has 1 rings (SSSR count). The number of hydrogen-bond acceptors (Lipinski definition) is 4. The van der Waals surface area contributed by atoms with Crippen molar-refractivity contribution < 1.29 is 19.4 Å². The van der Waals surface area contributed by atoms with Crippen LogP contribution in [-0.2, 0) is 20.7 Å². The second-order valence-corrected chi connectivity index (χ2v) is 5.26. The molecule has 1 aromatic carbocycles. The molecule has 20 heavy (non-hydrogen) atoms. The Labute approximate surface area is 127 Å². The summed E-state index contributed by atoms with van der Waals surface area (Å²) in [5, 5.41) is 10.6. The van der Waals surface area contributed by atoms with Crippen LogP contribution < -0.4 is 0 Å². The largest absolute Gasteiger partial charge is 0.469 e. The van der Waals surface area contributed by atoms with E-state index in [1.807, 2.05) is 0 Å². The van der Waals surface area contributed by atoms with Gasteiger partial charge in [0.2, 0.25) is 0 Å². The number of Topliss-reactive ketones (excluding diaryl/α,β-unsaturated/α-hetero) is 1. The molecule has 0 radical (unpaired) electrons. The molecule has 4 nitrogen and oxygen atoms in total. The van der Waals surface area contributed by atoms with E-state index in [0.717, 1.165) is 5.56 Å². The van der Waals surface area contributed by atoms with E-state index < -0.39 is 12.1 Å². The highest BCUT2D eigenvalue weighted by Gasteiger charge is 2.15. The summed E-state index contributed by atoms with van der Waals surface area (Å²) >= 11 is 11.8. The van der Waals surface area contributed by atoms with Crippen molar-refractivity contribution in [2.45, 2.75) is 31.8 Å². The standard InChI is InChI=1S/C14H16Cl2O4/c1-20-14(19)8-12(18)7-11(17)5-3-9-2-4-10(15)6-13(9)16/h2,4,6,12,18H,3,5,7-8H2,1H3. The number of halogens is 2. The molecule has 0 saturated carbocycles. The van der Waals surface area contributed by atoms with Gasteiger partial charge >= 0.3 is 5.97 Å². The van der Waals surface area contributed by atoms with Gasteiger partial charge in [-0.05, 0) is 24.1 Å². The van der Waals surface area contributed by atoms with Crippen molar-refractivity contribution in [1.29, 1.82) is 0 Å². The number of carbonyl (C=O) groups is 2. The third-order valence-electron chi connectivity index (χ3n) is 2.78. The van der Waals surface area contributed by atoms with Crippen LogP contribution in [0.4, 0.5) is 0 Å². The highest BCUT2D eigenvalue weighted by atomic mass is 35.5. The Bertz CT molecular complexity index is 488. The fraction of sp³-hybridized carbons (Fsp3) is 0.429. The minimum atomic E-state index is -1.00. The molecule has 0 saturated heterocycles. The first-order chi connectivity index (χ1) is 9.42. The number of methoxy groups -OCH3 is 1. The zero-order valence-corrected chi connectivity index (χ0v) is 12.6. The third kappa shape index (κ3) is 5.90. The molecular weight excluding hydrogens is 303 g/mol. The normalized spacial score (nSPS) is 12.0. The first-order valence-corrected chi connectivity index (χ1v) is 6.88. The Morgan fingerprint density at radius 1 is 1.30 bits per heavy atom. The molecule has 0 aliphatic rings. The van der Waals surface area contributed by atoms with Crippen molar-refractivity contribution in [1.82, 2.24) is 0 Å². The minimum Gasteiger partial charge on any atom is -0.469 e. The van der Waals surface area contributed by atoms with Gasteiger partial charge in [0.05, 0.1) is 19.6 Å². The lowest BCUT2D eigenvalue weighted by Gasteiger charge is -2.09. The molecule has 1 N–H and O–H groups in total. The minimum absolute atomic E-state index is 0.0691. The Morgan fingerprint density at radius 3 is 2.60 bits per heavy atom. The Balaban J connectivity index is 2.41. The molecule has 0 aromatic heterocycles. The van der Waals surface area contributed by atoms with E-state index in [9.17, 15) is 14.7 Å². The summed E-state index contributed by atoms with van der Waals surface area (Å²) in [4.78, 5) is 22.6. The number of ether oxygens (including phenoxy) is 1. The summed E-state index contributed by atoms with van der Waals surface area (Å²) in [6.07, 6.45) is -0.528. The predicted molar refractivity (Wildman–Crippen MR) is 77.0 cm³/mol. The average Bonchev–Trinajstić information content (AvgIpc) is 2.37. The number of hydrogen-bond donors (Lipinski definition) is 1. The number of aliphatic hydroxyl groups excluding tert-OH is 1. The van der Waals surface area contributed by atoms with Crippen molar-refractivity contribution in [3.05, 3.63) is 33.8 Å². The van der Waals surface area contributed by atoms with Gasteiger partial charge < -0.3 is 9.84 Å². The van der Waals surface area contributed by atoms with Crippen molar-refractivity contribution in [3.8, 4) is 0 Å². The van der Waals surface area contributed by atoms with Crippen molar-refractivity contribution in [3.63, 3.8) is 0 Å². The van der Waals surface area contributed by atoms with Crippen LogP contribution in [0.5, 0.6) is 0 Å². The molecule has 0 bridgehead atoms. The van der Waals surface area contributed by atoms with E-state index in [-0.39, 0.29) is 25.0 Å². The van der Waals surface area contributed by atoms with Crippen molar-refractivity contribution in [2.24, 2.45) is 0 Å². The summed E-state index contributed by atoms with van der Waals surface area (Å²) in [6.45, 7) is 0. The van der Waals surface area contributed by atoms with Gasteiger partial charge in [-0.25, -0.2) is 0 Å². The van der Waals surface area contributed by atoms with E-state index in [1.54, 1.807) is 18.2 Å². The van der Waals surface area contributed by atoms with Gasteiger partial charge in [-0.1, -0.05) is 29.3 Å². The van der Waals surface area contributed by atoms with E-state index in [1.165, 1.54) is 7.11 Å². The third-order valence-corrected chi connectivity index (χ3v) is 3.37. The van der Waals surface area contributed by atoms with E-state index in [0.29, 0.717) is 16.5 Å². The smallest absolute Gasteiger partial charge is 0.308 e. The van der Waals surface area contributed by atoms with E-state index in [2.05, 4.69) is 4.74 Å². The topological polar surface area (TPSA) is 63.6 Å². The number of benzene rings is 1. The number of rotatable bonds is 7. The van der Waals surface area contributed by atoms with Crippen molar-refractivity contribution >= 4 is 35.0 Å². The van der Waals surface area contributed by atoms with E-state index >= 15 is 0 Å². The predicted octanol–water partition coefficient (Wildman–Crippen LogP) is 2.81. The zero-order valence-electron chi connectivity index (χ0n) is 11.1. The molecule has 1 unspecified atom stereocenters. The van der Waals surface area contributed by atoms with Crippen LogP contribution >= 0.6 is 23.2 Å². The lowest BCUT2D eigenvalue weighted by atomic mass is 10.0. The molecule has 0 amide bonds. The molecule has 110 valence electrons. The first-order valence-electron chi connectivity index (χ1n) is 6.13. The zero-order chi connectivity index (χ0) is 15.1. The SMILES string of the molecule is COC(=O)CC(O)CC(=O)CCc1ccc(Cl)cc1Cl. The maximum atomic E-state index is 11.7. The number of ketones is 1. The number of esters is 1. The molecule has 0 aliphatic heterocycles. The lowest BCUT2D eigenvalue weighted by molar-refractivity contribution is -0.143. The molecule has 0 aliphatic carbocycles. The summed E-state index contributed by atoms with van der Waals surface area (Å²) in [6, 6.07) is 5.09. The monoisotopic (exact) mass is 318 g/mol.